The van der Waals surface area contributed by atoms with Crippen LogP contribution in [0.15, 0.2) is 42.5 Å². The summed E-state index contributed by atoms with van der Waals surface area (Å²) in [5, 5.41) is 2.62. The second-order valence-corrected chi connectivity index (χ2v) is 5.58. The first-order valence-electron chi connectivity index (χ1n) is 7.42. The standard InChI is InChI=1S/C18H17ClFNO4/c1-24-12-8-6-11(7-9-12)15(10-16(22)25-2)21-18(23)17-13(19)4-3-5-14(17)20/h3-9,15H,10H2,1-2H3,(H,21,23)/t15-/m0/s1. The van der Waals surface area contributed by atoms with E-state index in [1.807, 2.05) is 0 Å². The van der Waals surface area contributed by atoms with Gasteiger partial charge in [-0.25, -0.2) is 4.39 Å². The Bertz CT molecular complexity index is 744. The van der Waals surface area contributed by atoms with Crippen LogP contribution >= 0.6 is 11.6 Å². The molecule has 2 aromatic carbocycles. The molecule has 0 aromatic heterocycles. The molecule has 0 fully saturated rings. The van der Waals surface area contributed by atoms with Crippen molar-refractivity contribution in [3.05, 3.63) is 64.4 Å². The summed E-state index contributed by atoms with van der Waals surface area (Å²) in [7, 11) is 2.78. The molecule has 0 saturated heterocycles. The SMILES string of the molecule is COC(=O)C[C@H](NC(=O)c1c(F)cccc1Cl)c1ccc(OC)cc1. The maximum atomic E-state index is 13.9. The molecule has 0 heterocycles. The van der Waals surface area contributed by atoms with Crippen LogP contribution in [0.2, 0.25) is 5.02 Å². The van der Waals surface area contributed by atoms with Gasteiger partial charge in [0.2, 0.25) is 0 Å². The van der Waals surface area contributed by atoms with Crippen LogP contribution in [0, 0.1) is 5.82 Å². The quantitative estimate of drug-likeness (QED) is 0.795. The normalized spacial score (nSPS) is 11.5. The van der Waals surface area contributed by atoms with Crippen molar-refractivity contribution in [2.75, 3.05) is 14.2 Å². The second kappa shape index (κ2) is 8.48. The fourth-order valence-electron chi connectivity index (χ4n) is 2.28. The van der Waals surface area contributed by atoms with Crippen molar-refractivity contribution >= 4 is 23.5 Å². The first kappa shape index (κ1) is 18.7. The van der Waals surface area contributed by atoms with E-state index in [9.17, 15) is 14.0 Å². The molecule has 2 rings (SSSR count). The van der Waals surface area contributed by atoms with Gasteiger partial charge in [0, 0.05) is 0 Å². The Morgan fingerprint density at radius 3 is 2.40 bits per heavy atom. The van der Waals surface area contributed by atoms with E-state index in [4.69, 9.17) is 16.3 Å². The van der Waals surface area contributed by atoms with E-state index in [1.165, 1.54) is 26.4 Å². The van der Waals surface area contributed by atoms with Crippen molar-refractivity contribution in [2.24, 2.45) is 0 Å². The van der Waals surface area contributed by atoms with E-state index in [-0.39, 0.29) is 17.0 Å². The number of benzene rings is 2. The van der Waals surface area contributed by atoms with Crippen LogP contribution in [0.5, 0.6) is 5.75 Å². The summed E-state index contributed by atoms with van der Waals surface area (Å²) in [5.74, 6) is -1.34. The first-order chi connectivity index (χ1) is 12.0. The zero-order valence-electron chi connectivity index (χ0n) is 13.7. The van der Waals surface area contributed by atoms with Crippen LogP contribution in [-0.2, 0) is 9.53 Å². The highest BCUT2D eigenvalue weighted by molar-refractivity contribution is 6.33. The maximum Gasteiger partial charge on any atom is 0.307 e. The maximum absolute atomic E-state index is 13.9. The molecule has 1 N–H and O–H groups in total. The highest BCUT2D eigenvalue weighted by Crippen LogP contribution is 2.24. The van der Waals surface area contributed by atoms with Crippen molar-refractivity contribution in [2.45, 2.75) is 12.5 Å². The van der Waals surface area contributed by atoms with Crippen LogP contribution in [0.3, 0.4) is 0 Å². The molecule has 1 amide bonds. The third-order valence-electron chi connectivity index (χ3n) is 3.61. The van der Waals surface area contributed by atoms with E-state index in [0.29, 0.717) is 11.3 Å². The lowest BCUT2D eigenvalue weighted by molar-refractivity contribution is -0.141. The number of esters is 1. The monoisotopic (exact) mass is 365 g/mol. The van der Waals surface area contributed by atoms with Gasteiger partial charge in [0.1, 0.15) is 11.6 Å². The van der Waals surface area contributed by atoms with Crippen molar-refractivity contribution in [3.8, 4) is 5.75 Å². The van der Waals surface area contributed by atoms with Gasteiger partial charge in [-0.1, -0.05) is 29.8 Å². The summed E-state index contributed by atoms with van der Waals surface area (Å²) in [6, 6.07) is 10.1. The Morgan fingerprint density at radius 2 is 1.84 bits per heavy atom. The third kappa shape index (κ3) is 4.70. The predicted molar refractivity (Wildman–Crippen MR) is 91.2 cm³/mol. The number of hydrogen-bond donors (Lipinski definition) is 1. The van der Waals surface area contributed by atoms with Crippen molar-refractivity contribution < 1.29 is 23.5 Å². The topological polar surface area (TPSA) is 64.6 Å². The minimum atomic E-state index is -0.739. The van der Waals surface area contributed by atoms with Gasteiger partial charge in [-0.15, -0.1) is 0 Å². The Balaban J connectivity index is 2.29. The highest BCUT2D eigenvalue weighted by Gasteiger charge is 2.23. The molecule has 0 saturated carbocycles. The lowest BCUT2D eigenvalue weighted by atomic mass is 10.0. The molecule has 0 aliphatic carbocycles. The lowest BCUT2D eigenvalue weighted by Gasteiger charge is -2.19. The van der Waals surface area contributed by atoms with Gasteiger partial charge in [-0.05, 0) is 29.8 Å². The molecular weight excluding hydrogens is 349 g/mol. The van der Waals surface area contributed by atoms with Gasteiger partial charge >= 0.3 is 5.97 Å². The molecule has 2 aromatic rings. The first-order valence-corrected chi connectivity index (χ1v) is 7.79. The molecule has 132 valence electrons. The number of rotatable bonds is 6. The fourth-order valence-corrected chi connectivity index (χ4v) is 2.53. The van der Waals surface area contributed by atoms with E-state index < -0.39 is 23.7 Å². The van der Waals surface area contributed by atoms with E-state index in [1.54, 1.807) is 24.3 Å². The molecule has 0 aliphatic rings. The largest absolute Gasteiger partial charge is 0.497 e. The van der Waals surface area contributed by atoms with E-state index >= 15 is 0 Å². The smallest absolute Gasteiger partial charge is 0.307 e. The Labute approximate surface area is 149 Å². The minimum absolute atomic E-state index is 0.0101. The highest BCUT2D eigenvalue weighted by atomic mass is 35.5. The number of carbonyl (C=O) groups is 2. The van der Waals surface area contributed by atoms with Crippen LogP contribution in [0.1, 0.15) is 28.4 Å². The lowest BCUT2D eigenvalue weighted by Crippen LogP contribution is -2.31. The van der Waals surface area contributed by atoms with E-state index in [2.05, 4.69) is 10.1 Å². The van der Waals surface area contributed by atoms with Crippen molar-refractivity contribution in [1.29, 1.82) is 0 Å². The molecule has 0 unspecified atom stereocenters. The number of carbonyl (C=O) groups excluding carboxylic acids is 2. The zero-order valence-corrected chi connectivity index (χ0v) is 14.5. The molecular formula is C18H17ClFNO4. The number of hydrogen-bond acceptors (Lipinski definition) is 4. The van der Waals surface area contributed by atoms with Gasteiger partial charge in [0.05, 0.1) is 37.3 Å². The zero-order chi connectivity index (χ0) is 18.4. The van der Waals surface area contributed by atoms with Crippen molar-refractivity contribution in [3.63, 3.8) is 0 Å². The van der Waals surface area contributed by atoms with Crippen LogP contribution in [-0.4, -0.2) is 26.1 Å². The summed E-state index contributed by atoms with van der Waals surface area (Å²) in [5.41, 5.74) is 0.375. The predicted octanol–water partition coefficient (Wildman–Crippen LogP) is 3.52. The summed E-state index contributed by atoms with van der Waals surface area (Å²) in [6.07, 6.45) is -0.110. The summed E-state index contributed by atoms with van der Waals surface area (Å²) >= 11 is 5.92. The number of ether oxygens (including phenoxy) is 2. The molecule has 5 nitrogen and oxygen atoms in total. The molecule has 0 spiro atoms. The number of halogens is 2. The van der Waals surface area contributed by atoms with Crippen molar-refractivity contribution in [1.82, 2.24) is 5.32 Å². The summed E-state index contributed by atoms with van der Waals surface area (Å²) < 4.78 is 23.7. The molecule has 0 bridgehead atoms. The third-order valence-corrected chi connectivity index (χ3v) is 3.93. The van der Waals surface area contributed by atoms with Gasteiger partial charge in [0.15, 0.2) is 0 Å². The molecule has 25 heavy (non-hydrogen) atoms. The fraction of sp³-hybridized carbons (Fsp3) is 0.222. The van der Waals surface area contributed by atoms with Crippen LogP contribution in [0.4, 0.5) is 4.39 Å². The number of amides is 1. The number of methoxy groups -OCH3 is 2. The van der Waals surface area contributed by atoms with Crippen LogP contribution in [0.25, 0.3) is 0 Å². The molecule has 1 atom stereocenters. The second-order valence-electron chi connectivity index (χ2n) is 5.18. The van der Waals surface area contributed by atoms with Crippen LogP contribution < -0.4 is 10.1 Å². The minimum Gasteiger partial charge on any atom is -0.497 e. The Morgan fingerprint density at radius 1 is 1.16 bits per heavy atom. The number of nitrogens with one attached hydrogen (secondary N) is 1. The van der Waals surface area contributed by atoms with Gasteiger partial charge < -0.3 is 14.8 Å². The van der Waals surface area contributed by atoms with Gasteiger partial charge in [-0.3, -0.25) is 9.59 Å². The molecule has 0 radical (unpaired) electrons. The van der Waals surface area contributed by atoms with E-state index in [0.717, 1.165) is 6.07 Å². The Hall–Kier alpha value is -2.60. The summed E-state index contributed by atoms with van der Waals surface area (Å²) in [6.45, 7) is 0. The molecule has 7 heteroatoms. The van der Waals surface area contributed by atoms with Gasteiger partial charge in [0.25, 0.3) is 5.91 Å². The average Bonchev–Trinajstić information content (AvgIpc) is 2.61. The summed E-state index contributed by atoms with van der Waals surface area (Å²) in [4.78, 5) is 24.1. The Kier molecular flexibility index (Phi) is 6.36. The van der Waals surface area contributed by atoms with Gasteiger partial charge in [-0.2, -0.15) is 0 Å². The molecule has 0 aliphatic heterocycles. The average molecular weight is 366 g/mol.